The Labute approximate surface area is 322 Å². The topological polar surface area (TPSA) is 209 Å². The molecule has 0 N–H and O–H groups in total. The summed E-state index contributed by atoms with van der Waals surface area (Å²) in [6.45, 7) is 2.28. The highest BCUT2D eigenvalue weighted by atomic mass is 32.2. The number of aromatic nitrogens is 4. The Balaban J connectivity index is 0.000000219. The molecule has 300 valence electrons. The van der Waals surface area contributed by atoms with Gasteiger partial charge in [-0.2, -0.15) is 21.6 Å². The third-order valence-electron chi connectivity index (χ3n) is 7.75. The van der Waals surface area contributed by atoms with Crippen molar-refractivity contribution in [2.45, 2.75) is 22.2 Å². The zero-order chi connectivity index (χ0) is 41.8. The first-order chi connectivity index (χ1) is 26.9. The van der Waals surface area contributed by atoms with Crippen molar-refractivity contribution in [3.63, 3.8) is 0 Å². The molecule has 0 saturated carbocycles. The number of nitrogens with zero attached hydrogens (tertiary/aromatic N) is 4. The second-order valence-electron chi connectivity index (χ2n) is 11.1. The molecule has 0 unspecified atom stereocenters. The summed E-state index contributed by atoms with van der Waals surface area (Å²) in [7, 11) is -12.1. The van der Waals surface area contributed by atoms with Crippen LogP contribution >= 0.6 is 0 Å². The summed E-state index contributed by atoms with van der Waals surface area (Å²) in [5.41, 5.74) is -6.15. The molecule has 6 aromatic rings. The van der Waals surface area contributed by atoms with E-state index < -0.39 is 64.4 Å². The summed E-state index contributed by atoms with van der Waals surface area (Å²) >= 11 is 0. The highest BCUT2D eigenvalue weighted by Crippen LogP contribution is 2.36. The Bertz CT molecular complexity index is 2830. The minimum absolute atomic E-state index is 0.0795. The van der Waals surface area contributed by atoms with E-state index in [1.165, 1.54) is 62.2 Å². The number of pyridine rings is 2. The summed E-state index contributed by atoms with van der Waals surface area (Å²) in [4.78, 5) is 31.6. The van der Waals surface area contributed by atoms with Gasteiger partial charge in [-0.1, -0.05) is 36.4 Å². The lowest BCUT2D eigenvalue weighted by molar-refractivity contribution is -0.0500. The van der Waals surface area contributed by atoms with Crippen molar-refractivity contribution in [3.8, 4) is 5.75 Å². The fraction of sp³-hybridized carbons (Fsp3) is 0.143. The minimum Gasteiger partial charge on any atom is -0.501 e. The van der Waals surface area contributed by atoms with Crippen LogP contribution in [0.2, 0.25) is 0 Å². The average Bonchev–Trinajstić information content (AvgIpc) is 3.84. The number of methoxy groups -OCH3 is 2. The molecular weight excluding hydrogens is 822 g/mol. The molecule has 16 nitrogen and oxygen atoms in total. The molecule has 22 heteroatoms. The van der Waals surface area contributed by atoms with Crippen molar-refractivity contribution in [3.05, 3.63) is 121 Å². The van der Waals surface area contributed by atoms with E-state index in [-0.39, 0.29) is 21.0 Å². The average molecular weight is 851 g/mol. The quantitative estimate of drug-likeness (QED) is 0.0697. The summed E-state index contributed by atoms with van der Waals surface area (Å²) in [5, 5.41) is 0.124. The van der Waals surface area contributed by atoms with Crippen molar-refractivity contribution >= 4 is 70.0 Å². The molecule has 0 atom stereocenters. The van der Waals surface area contributed by atoms with Gasteiger partial charge in [-0.05, 0) is 49.4 Å². The molecule has 0 radical (unpaired) electrons. The van der Waals surface area contributed by atoms with Crippen LogP contribution in [0.4, 0.5) is 13.2 Å². The summed E-state index contributed by atoms with van der Waals surface area (Å²) < 4.78 is 133. The van der Waals surface area contributed by atoms with Gasteiger partial charge in [-0.3, -0.25) is 0 Å². The van der Waals surface area contributed by atoms with Crippen molar-refractivity contribution < 1.29 is 66.4 Å². The summed E-state index contributed by atoms with van der Waals surface area (Å²) in [6, 6.07) is 17.7. The maximum absolute atomic E-state index is 13.0. The van der Waals surface area contributed by atoms with Gasteiger partial charge in [0.2, 0.25) is 0 Å². The first-order valence-corrected chi connectivity index (χ1v) is 20.3. The number of benzene rings is 2. The number of carbonyl (C=O) groups excluding carboxylic acids is 2. The van der Waals surface area contributed by atoms with Crippen molar-refractivity contribution in [1.29, 1.82) is 0 Å². The van der Waals surface area contributed by atoms with E-state index in [2.05, 4.69) is 18.9 Å². The van der Waals surface area contributed by atoms with Gasteiger partial charge < -0.3 is 18.4 Å². The number of rotatable bonds is 11. The zero-order valence-corrected chi connectivity index (χ0v) is 32.1. The molecule has 0 spiro atoms. The first kappa shape index (κ1) is 41.9. The van der Waals surface area contributed by atoms with E-state index in [0.717, 1.165) is 29.5 Å². The molecule has 57 heavy (non-hydrogen) atoms. The normalized spacial score (nSPS) is 12.2. The number of esters is 2. The Hall–Kier alpha value is -6.26. The highest BCUT2D eigenvalue weighted by Gasteiger charge is 2.49. The lowest BCUT2D eigenvalue weighted by Gasteiger charge is -2.13. The number of halogens is 3. The van der Waals surface area contributed by atoms with Gasteiger partial charge in [-0.15, -0.1) is 0 Å². The molecule has 0 saturated heterocycles. The number of fused-ring (bicyclic) bond motifs is 2. The maximum Gasteiger partial charge on any atom is 0.534 e. The zero-order valence-electron chi connectivity index (χ0n) is 29.6. The molecular formula is C35H29F3N4O12S3. The summed E-state index contributed by atoms with van der Waals surface area (Å²) in [6.07, 6.45) is 7.63. The highest BCUT2D eigenvalue weighted by molar-refractivity contribution is 7.90. The van der Waals surface area contributed by atoms with E-state index in [0.29, 0.717) is 27.0 Å². The fourth-order valence-electron chi connectivity index (χ4n) is 5.12. The van der Waals surface area contributed by atoms with E-state index in [4.69, 9.17) is 9.47 Å². The number of carbonyl (C=O) groups is 2. The van der Waals surface area contributed by atoms with Crippen LogP contribution in [0.25, 0.3) is 27.9 Å². The van der Waals surface area contributed by atoms with Crippen LogP contribution in [0.15, 0.2) is 114 Å². The Morgan fingerprint density at radius 2 is 1.16 bits per heavy atom. The van der Waals surface area contributed by atoms with Gasteiger partial charge in [0.05, 0.1) is 60.3 Å². The molecule has 0 bridgehead atoms. The van der Waals surface area contributed by atoms with Gasteiger partial charge in [0.15, 0.2) is 17.1 Å². The van der Waals surface area contributed by atoms with Crippen LogP contribution in [0.3, 0.4) is 0 Å². The van der Waals surface area contributed by atoms with Crippen LogP contribution in [0.1, 0.15) is 33.5 Å². The molecule has 0 amide bonds. The monoisotopic (exact) mass is 850 g/mol. The molecule has 0 aliphatic carbocycles. The number of hydrogen-bond donors (Lipinski definition) is 0. The summed E-state index contributed by atoms with van der Waals surface area (Å²) in [5.74, 6) is -3.02. The predicted molar refractivity (Wildman–Crippen MR) is 196 cm³/mol. The fourth-order valence-corrected chi connectivity index (χ4v) is 8.31. The number of ether oxygens (including phenoxy) is 3. The van der Waals surface area contributed by atoms with Crippen molar-refractivity contribution in [2.24, 2.45) is 0 Å². The van der Waals surface area contributed by atoms with Crippen LogP contribution in [-0.4, -0.2) is 81.4 Å². The standard InChI is InChI=1S/C19H18N2O5S.C16H11F3N2O7S2/c1-3-26-12-10-16-15-9-11-21(17(15)13-20-18(16)19(22)25-2)27(23,24)14-7-5-4-6-8-14;1-27-15(22)13-14(28-30(25,26)16(17,18)19)11-7-8-21(12(11)9-20-13)29(23,24)10-5-3-2-4-6-10/h4-13H,3H2,1-2H3;2-9H,1H3/b12-10-;. The molecule has 4 aromatic heterocycles. The number of hydrogen-bond acceptors (Lipinski definition) is 14. The second-order valence-corrected chi connectivity index (χ2v) is 16.3. The third kappa shape index (κ3) is 8.32. The molecule has 6 rings (SSSR count). The van der Waals surface area contributed by atoms with E-state index >= 15 is 0 Å². The molecule has 4 heterocycles. The Morgan fingerprint density at radius 3 is 1.63 bits per heavy atom. The Kier molecular flexibility index (Phi) is 12.1. The first-order valence-electron chi connectivity index (χ1n) is 16.0. The van der Waals surface area contributed by atoms with Gasteiger partial charge >= 0.3 is 27.6 Å². The lowest BCUT2D eigenvalue weighted by atomic mass is 10.1. The van der Waals surface area contributed by atoms with Gasteiger partial charge in [0.1, 0.15) is 0 Å². The van der Waals surface area contributed by atoms with Gasteiger partial charge in [0.25, 0.3) is 20.0 Å². The van der Waals surface area contributed by atoms with E-state index in [9.17, 15) is 48.0 Å². The van der Waals surface area contributed by atoms with Crippen LogP contribution < -0.4 is 4.18 Å². The van der Waals surface area contributed by atoms with Crippen LogP contribution in [0.5, 0.6) is 5.75 Å². The predicted octanol–water partition coefficient (Wildman–Crippen LogP) is 5.36. The van der Waals surface area contributed by atoms with Crippen molar-refractivity contribution in [2.75, 3.05) is 20.8 Å². The van der Waals surface area contributed by atoms with Crippen LogP contribution in [0, 0.1) is 0 Å². The van der Waals surface area contributed by atoms with E-state index in [1.807, 2.05) is 6.92 Å². The smallest absolute Gasteiger partial charge is 0.501 e. The maximum atomic E-state index is 13.0. The van der Waals surface area contributed by atoms with Crippen LogP contribution in [-0.2, 0) is 44.4 Å². The van der Waals surface area contributed by atoms with Gasteiger partial charge in [0, 0.05) is 28.7 Å². The third-order valence-corrected chi connectivity index (χ3v) is 12.1. The second kappa shape index (κ2) is 16.5. The largest absolute Gasteiger partial charge is 0.534 e. The van der Waals surface area contributed by atoms with E-state index in [1.54, 1.807) is 36.4 Å². The SMILES string of the molecule is CCO/C=C\c1c(C(=O)OC)ncc2c1ccn2S(=O)(=O)c1ccccc1.COC(=O)c1ncc2c(ccn2S(=O)(=O)c2ccccc2)c1OS(=O)(=O)C(F)(F)F. The molecule has 0 aliphatic rings. The molecule has 2 aromatic carbocycles. The molecule has 0 aliphatic heterocycles. The lowest BCUT2D eigenvalue weighted by Crippen LogP contribution is -2.29. The molecule has 0 fully saturated rings. The minimum atomic E-state index is -6.19. The Morgan fingerprint density at radius 1 is 0.702 bits per heavy atom. The number of alkyl halides is 3. The van der Waals surface area contributed by atoms with Crippen molar-refractivity contribution in [1.82, 2.24) is 17.9 Å². The van der Waals surface area contributed by atoms with Gasteiger partial charge in [-0.25, -0.2) is 44.3 Å².